The van der Waals surface area contributed by atoms with Gasteiger partial charge in [-0.15, -0.1) is 0 Å². The van der Waals surface area contributed by atoms with Crippen molar-refractivity contribution < 1.29 is 13.2 Å². The van der Waals surface area contributed by atoms with Gasteiger partial charge in [0, 0.05) is 44.0 Å². The highest BCUT2D eigenvalue weighted by molar-refractivity contribution is 7.91. The van der Waals surface area contributed by atoms with E-state index in [0.717, 1.165) is 56.3 Å². The van der Waals surface area contributed by atoms with Crippen molar-refractivity contribution in [2.75, 3.05) is 37.7 Å². The van der Waals surface area contributed by atoms with Crippen LogP contribution in [0.15, 0.2) is 30.3 Å². The summed E-state index contributed by atoms with van der Waals surface area (Å²) in [5.41, 5.74) is 4.53. The maximum atomic E-state index is 11.8. The number of hydrogen-bond donors (Lipinski definition) is 1. The van der Waals surface area contributed by atoms with Gasteiger partial charge >= 0.3 is 0 Å². The Morgan fingerprint density at radius 3 is 2.77 bits per heavy atom. The van der Waals surface area contributed by atoms with Gasteiger partial charge in [-0.3, -0.25) is 9.58 Å². The van der Waals surface area contributed by atoms with Crippen LogP contribution in [0.25, 0.3) is 0 Å². The fourth-order valence-electron chi connectivity index (χ4n) is 4.52. The maximum absolute atomic E-state index is 11.8. The van der Waals surface area contributed by atoms with Gasteiger partial charge in [0.05, 0.1) is 36.0 Å². The molecule has 0 aliphatic carbocycles. The molecule has 1 N–H and O–H groups in total. The van der Waals surface area contributed by atoms with Crippen LogP contribution >= 0.6 is 0 Å². The van der Waals surface area contributed by atoms with E-state index in [4.69, 9.17) is 4.74 Å². The Morgan fingerprint density at radius 2 is 2.03 bits per heavy atom. The zero-order valence-corrected chi connectivity index (χ0v) is 18.7. The normalized spacial score (nSPS) is 24.3. The zero-order valence-electron chi connectivity index (χ0n) is 17.9. The first kappa shape index (κ1) is 21.5. The van der Waals surface area contributed by atoms with E-state index in [9.17, 15) is 8.42 Å². The third-order valence-corrected chi connectivity index (χ3v) is 7.93. The second kappa shape index (κ2) is 9.18. The first-order chi connectivity index (χ1) is 14.4. The van der Waals surface area contributed by atoms with Crippen LogP contribution in [0, 0.1) is 13.8 Å². The van der Waals surface area contributed by atoms with E-state index in [1.807, 2.05) is 24.6 Å². The first-order valence-electron chi connectivity index (χ1n) is 10.7. The summed E-state index contributed by atoms with van der Waals surface area (Å²) in [5, 5.41) is 8.19. The number of morpholine rings is 1. The molecule has 1 aromatic heterocycles. The number of benzene rings is 1. The lowest BCUT2D eigenvalue weighted by Gasteiger charge is -2.33. The van der Waals surface area contributed by atoms with E-state index >= 15 is 0 Å². The van der Waals surface area contributed by atoms with Crippen LogP contribution in [0.4, 0.5) is 0 Å². The number of sulfone groups is 1. The molecule has 2 aromatic rings. The number of nitrogens with zero attached hydrogens (tertiary/aromatic N) is 3. The molecule has 0 unspecified atom stereocenters. The molecule has 0 spiro atoms. The monoisotopic (exact) mass is 432 g/mol. The van der Waals surface area contributed by atoms with Crippen molar-refractivity contribution in [3.8, 4) is 0 Å². The van der Waals surface area contributed by atoms with E-state index in [1.54, 1.807) is 0 Å². The van der Waals surface area contributed by atoms with Gasteiger partial charge in [0.2, 0.25) is 0 Å². The lowest BCUT2D eigenvalue weighted by molar-refractivity contribution is -0.0300. The van der Waals surface area contributed by atoms with E-state index in [1.165, 1.54) is 5.56 Å². The van der Waals surface area contributed by atoms with Crippen molar-refractivity contribution in [3.05, 3.63) is 52.8 Å². The van der Waals surface area contributed by atoms with Crippen LogP contribution in [0.3, 0.4) is 0 Å². The van der Waals surface area contributed by atoms with Crippen molar-refractivity contribution in [2.45, 2.75) is 45.5 Å². The molecule has 0 radical (unpaired) electrons. The highest BCUT2D eigenvalue weighted by Crippen LogP contribution is 2.26. The summed E-state index contributed by atoms with van der Waals surface area (Å²) in [6.07, 6.45) is 0.822. The first-order valence-corrected chi connectivity index (χ1v) is 12.6. The molecule has 0 bridgehead atoms. The van der Waals surface area contributed by atoms with Crippen molar-refractivity contribution in [1.82, 2.24) is 20.0 Å². The molecule has 2 atom stereocenters. The average Bonchev–Trinajstić information content (AvgIpc) is 3.22. The Kier molecular flexibility index (Phi) is 6.57. The third kappa shape index (κ3) is 5.11. The summed E-state index contributed by atoms with van der Waals surface area (Å²) in [4.78, 5) is 2.44. The molecule has 8 heteroatoms. The van der Waals surface area contributed by atoms with Crippen molar-refractivity contribution in [1.29, 1.82) is 0 Å². The van der Waals surface area contributed by atoms with Gasteiger partial charge in [0.15, 0.2) is 9.84 Å². The molecule has 0 saturated carbocycles. The molecule has 1 aromatic carbocycles. The lowest BCUT2D eigenvalue weighted by Crippen LogP contribution is -2.46. The Bertz CT molecular complexity index is 958. The summed E-state index contributed by atoms with van der Waals surface area (Å²) < 4.78 is 31.6. The smallest absolute Gasteiger partial charge is 0.152 e. The lowest BCUT2D eigenvalue weighted by atomic mass is 10.1. The molecular formula is C22H32N4O3S. The molecule has 164 valence electrons. The number of aromatic nitrogens is 2. The Hall–Kier alpha value is -1.74. The fraction of sp³-hybridized carbons (Fsp3) is 0.591. The van der Waals surface area contributed by atoms with E-state index < -0.39 is 9.84 Å². The third-order valence-electron chi connectivity index (χ3n) is 6.17. The van der Waals surface area contributed by atoms with Crippen LogP contribution < -0.4 is 5.32 Å². The van der Waals surface area contributed by atoms with Crippen LogP contribution in [0.1, 0.15) is 35.0 Å². The second-order valence-electron chi connectivity index (χ2n) is 8.50. The predicted octanol–water partition coefficient (Wildman–Crippen LogP) is 1.85. The number of hydrogen-bond acceptors (Lipinski definition) is 6. The topological polar surface area (TPSA) is 76.5 Å². The van der Waals surface area contributed by atoms with Crippen LogP contribution in [-0.4, -0.2) is 66.9 Å². The molecule has 2 aliphatic heterocycles. The van der Waals surface area contributed by atoms with Gasteiger partial charge in [-0.2, -0.15) is 5.10 Å². The molecule has 30 heavy (non-hydrogen) atoms. The van der Waals surface area contributed by atoms with Gasteiger partial charge < -0.3 is 10.1 Å². The summed E-state index contributed by atoms with van der Waals surface area (Å²) in [7, 11) is -2.92. The van der Waals surface area contributed by atoms with Gasteiger partial charge in [-0.1, -0.05) is 30.3 Å². The van der Waals surface area contributed by atoms with Gasteiger partial charge in [0.1, 0.15) is 0 Å². The Morgan fingerprint density at radius 1 is 1.23 bits per heavy atom. The van der Waals surface area contributed by atoms with Crippen molar-refractivity contribution in [2.24, 2.45) is 0 Å². The Labute approximate surface area is 179 Å². The van der Waals surface area contributed by atoms with E-state index in [2.05, 4.69) is 39.6 Å². The minimum absolute atomic E-state index is 0.0318. The highest BCUT2D eigenvalue weighted by Gasteiger charge is 2.31. The molecule has 4 rings (SSSR count). The summed E-state index contributed by atoms with van der Waals surface area (Å²) in [5.74, 6) is 0.469. The second-order valence-corrected chi connectivity index (χ2v) is 10.7. The largest absolute Gasteiger partial charge is 0.374 e. The quantitative estimate of drug-likeness (QED) is 0.720. The molecule has 2 fully saturated rings. The van der Waals surface area contributed by atoms with E-state index in [-0.39, 0.29) is 23.7 Å². The number of rotatable bonds is 7. The number of aryl methyl sites for hydroxylation is 1. The summed E-state index contributed by atoms with van der Waals surface area (Å²) >= 11 is 0. The molecule has 7 nitrogen and oxygen atoms in total. The number of nitrogens with one attached hydrogen (secondary N) is 1. The van der Waals surface area contributed by atoms with E-state index in [0.29, 0.717) is 6.42 Å². The van der Waals surface area contributed by atoms with Gasteiger partial charge in [-0.25, -0.2) is 8.42 Å². The molecule has 2 saturated heterocycles. The van der Waals surface area contributed by atoms with Gasteiger partial charge in [0.25, 0.3) is 0 Å². The fourth-order valence-corrected chi connectivity index (χ4v) is 6.22. The highest BCUT2D eigenvalue weighted by atomic mass is 32.2. The predicted molar refractivity (Wildman–Crippen MR) is 117 cm³/mol. The van der Waals surface area contributed by atoms with Crippen LogP contribution in [0.5, 0.6) is 0 Å². The van der Waals surface area contributed by atoms with Crippen molar-refractivity contribution >= 4 is 9.84 Å². The standard InChI is InChI=1S/C22H32N4O3S/c1-17-22(18(2)26(24-17)20-8-11-30(27,28)16-20)13-23-12-21-15-25(9-10-29-21)14-19-6-4-3-5-7-19/h3-7,20-21,23H,8-16H2,1-2H3/t20-,21+/m0/s1. The minimum atomic E-state index is -2.92. The van der Waals surface area contributed by atoms with Crippen LogP contribution in [0.2, 0.25) is 0 Å². The maximum Gasteiger partial charge on any atom is 0.152 e. The molecule has 3 heterocycles. The summed E-state index contributed by atoms with van der Waals surface area (Å²) in [6, 6.07) is 10.5. The minimum Gasteiger partial charge on any atom is -0.374 e. The van der Waals surface area contributed by atoms with Crippen LogP contribution in [-0.2, 0) is 27.7 Å². The Balaban J connectivity index is 1.30. The molecule has 2 aliphatic rings. The van der Waals surface area contributed by atoms with Crippen molar-refractivity contribution in [3.63, 3.8) is 0 Å². The molecule has 0 amide bonds. The SMILES string of the molecule is Cc1nn([C@H]2CCS(=O)(=O)C2)c(C)c1CNC[C@@H]1CN(Cc2ccccc2)CCO1. The molecular weight excluding hydrogens is 400 g/mol. The number of ether oxygens (including phenoxy) is 1. The summed E-state index contributed by atoms with van der Waals surface area (Å²) in [6.45, 7) is 9.13. The van der Waals surface area contributed by atoms with Gasteiger partial charge in [-0.05, 0) is 25.8 Å². The average molecular weight is 433 g/mol. The zero-order chi connectivity index (χ0) is 21.1.